The first-order valence-electron chi connectivity index (χ1n) is 9.81. The molecule has 3 aromatic carbocycles. The largest absolute Gasteiger partial charge is 0.482 e. The van der Waals surface area contributed by atoms with Crippen molar-refractivity contribution in [2.75, 3.05) is 24.3 Å². The first-order valence-corrected chi connectivity index (χ1v) is 9.81. The van der Waals surface area contributed by atoms with Crippen LogP contribution >= 0.6 is 0 Å². The van der Waals surface area contributed by atoms with E-state index in [1.54, 1.807) is 13.1 Å². The van der Waals surface area contributed by atoms with Crippen molar-refractivity contribution in [1.82, 2.24) is 5.32 Å². The van der Waals surface area contributed by atoms with E-state index in [4.69, 9.17) is 4.74 Å². The number of fused-ring (bicyclic) bond motifs is 1. The molecule has 6 heteroatoms. The molecule has 6 nitrogen and oxygen atoms in total. The van der Waals surface area contributed by atoms with E-state index in [2.05, 4.69) is 36.7 Å². The lowest BCUT2D eigenvalue weighted by Gasteiger charge is -2.22. The summed E-state index contributed by atoms with van der Waals surface area (Å²) < 4.78 is 5.62. The molecule has 3 N–H and O–H groups in total. The van der Waals surface area contributed by atoms with Gasteiger partial charge in [-0.05, 0) is 34.6 Å². The van der Waals surface area contributed by atoms with Crippen LogP contribution in [0.3, 0.4) is 0 Å². The van der Waals surface area contributed by atoms with Crippen LogP contribution in [0.1, 0.15) is 26.3 Å². The molecular formula is C24H27N3O3. The predicted octanol–water partition coefficient (Wildman–Crippen LogP) is 4.91. The third-order valence-corrected chi connectivity index (χ3v) is 4.77. The second kappa shape index (κ2) is 8.86. The number of nitrogens with one attached hydrogen (secondary N) is 3. The summed E-state index contributed by atoms with van der Waals surface area (Å²) in [4.78, 5) is 24.4. The van der Waals surface area contributed by atoms with Crippen molar-refractivity contribution in [2.45, 2.75) is 26.2 Å². The summed E-state index contributed by atoms with van der Waals surface area (Å²) >= 11 is 0. The highest BCUT2D eigenvalue weighted by Gasteiger charge is 2.18. The van der Waals surface area contributed by atoms with E-state index in [-0.39, 0.29) is 24.0 Å². The zero-order chi connectivity index (χ0) is 21.7. The van der Waals surface area contributed by atoms with Gasteiger partial charge in [0.1, 0.15) is 5.75 Å². The number of anilines is 2. The number of benzene rings is 3. The Kier molecular flexibility index (Phi) is 6.26. The summed E-state index contributed by atoms with van der Waals surface area (Å²) in [5.74, 6) is 0.181. The van der Waals surface area contributed by atoms with Crippen molar-refractivity contribution < 1.29 is 14.3 Å². The Morgan fingerprint density at radius 1 is 0.900 bits per heavy atom. The lowest BCUT2D eigenvalue weighted by molar-refractivity contribution is -0.122. The Bertz CT molecular complexity index is 1070. The Labute approximate surface area is 176 Å². The van der Waals surface area contributed by atoms with Gasteiger partial charge in [0.05, 0.1) is 11.4 Å². The van der Waals surface area contributed by atoms with Crippen molar-refractivity contribution in [1.29, 1.82) is 0 Å². The van der Waals surface area contributed by atoms with Crippen molar-refractivity contribution in [3.05, 3.63) is 66.2 Å². The molecule has 0 atom stereocenters. The fraction of sp³-hybridized carbons (Fsp3) is 0.250. The van der Waals surface area contributed by atoms with Crippen molar-refractivity contribution in [3.8, 4) is 5.75 Å². The number of ether oxygens (including phenoxy) is 1. The van der Waals surface area contributed by atoms with Gasteiger partial charge in [0, 0.05) is 12.4 Å². The summed E-state index contributed by atoms with van der Waals surface area (Å²) in [6.45, 7) is 6.14. The van der Waals surface area contributed by atoms with Crippen molar-refractivity contribution >= 4 is 34.1 Å². The van der Waals surface area contributed by atoms with Gasteiger partial charge in [-0.1, -0.05) is 63.2 Å². The number of hydrogen-bond donors (Lipinski definition) is 3. The summed E-state index contributed by atoms with van der Waals surface area (Å²) in [6.07, 6.45) is 0. The van der Waals surface area contributed by atoms with Gasteiger partial charge in [0.2, 0.25) is 0 Å². The molecule has 0 aliphatic heterocycles. The molecule has 3 amide bonds. The fourth-order valence-corrected chi connectivity index (χ4v) is 3.05. The smallest absolute Gasteiger partial charge is 0.323 e. The first kappa shape index (κ1) is 21.2. The van der Waals surface area contributed by atoms with Gasteiger partial charge in [-0.2, -0.15) is 0 Å². The van der Waals surface area contributed by atoms with E-state index in [9.17, 15) is 9.59 Å². The van der Waals surface area contributed by atoms with Crippen LogP contribution in [0, 0.1) is 0 Å². The molecule has 0 bridgehead atoms. The van der Waals surface area contributed by atoms with Crippen LogP contribution < -0.4 is 20.7 Å². The minimum Gasteiger partial charge on any atom is -0.482 e. The van der Waals surface area contributed by atoms with E-state index in [1.807, 2.05) is 54.6 Å². The van der Waals surface area contributed by atoms with Crippen LogP contribution in [0.2, 0.25) is 0 Å². The first-order chi connectivity index (χ1) is 14.3. The second-order valence-electron chi connectivity index (χ2n) is 8.03. The van der Waals surface area contributed by atoms with E-state index in [1.165, 1.54) is 0 Å². The molecular weight excluding hydrogens is 378 g/mol. The van der Waals surface area contributed by atoms with E-state index < -0.39 is 0 Å². The molecule has 156 valence electrons. The quantitative estimate of drug-likeness (QED) is 0.564. The second-order valence-corrected chi connectivity index (χ2v) is 8.03. The number of carbonyl (C=O) groups excluding carboxylic acids is 2. The Morgan fingerprint density at radius 2 is 1.60 bits per heavy atom. The van der Waals surface area contributed by atoms with Crippen LogP contribution in [-0.4, -0.2) is 25.6 Å². The third-order valence-electron chi connectivity index (χ3n) is 4.77. The predicted molar refractivity (Wildman–Crippen MR) is 121 cm³/mol. The maximum absolute atomic E-state index is 12.8. The molecule has 0 aromatic heterocycles. The number of hydrogen-bond acceptors (Lipinski definition) is 3. The number of urea groups is 1. The van der Waals surface area contributed by atoms with Gasteiger partial charge < -0.3 is 20.7 Å². The zero-order valence-electron chi connectivity index (χ0n) is 17.7. The standard InChI is InChI=1S/C24H27N3O3/c1-24(2,3)17-12-13-21(30-15-22(28)25-4)20(14-17)27-23(29)26-19-11-7-9-16-8-5-6-10-18(16)19/h5-14H,15H2,1-4H3,(H,25,28)(H2,26,27,29). The average molecular weight is 405 g/mol. The van der Waals surface area contributed by atoms with E-state index >= 15 is 0 Å². The lowest BCUT2D eigenvalue weighted by Crippen LogP contribution is -2.26. The number of likely N-dealkylation sites (N-methyl/N-ethyl adjacent to an activating group) is 1. The minimum absolute atomic E-state index is 0.109. The zero-order valence-corrected chi connectivity index (χ0v) is 17.7. The van der Waals surface area contributed by atoms with E-state index in [0.29, 0.717) is 17.1 Å². The topological polar surface area (TPSA) is 79.5 Å². The van der Waals surface area contributed by atoms with Gasteiger partial charge in [-0.3, -0.25) is 4.79 Å². The molecule has 0 spiro atoms. The third kappa shape index (κ3) is 5.08. The molecule has 0 heterocycles. The number of amides is 3. The summed E-state index contributed by atoms with van der Waals surface area (Å²) in [5, 5.41) is 10.3. The molecule has 0 fully saturated rings. The molecule has 3 rings (SSSR count). The van der Waals surface area contributed by atoms with Crippen LogP contribution in [0.25, 0.3) is 10.8 Å². The Balaban J connectivity index is 1.85. The highest BCUT2D eigenvalue weighted by Crippen LogP contribution is 2.32. The number of rotatable bonds is 5. The molecule has 0 saturated carbocycles. The molecule has 0 unspecified atom stereocenters. The van der Waals surface area contributed by atoms with E-state index in [0.717, 1.165) is 16.3 Å². The summed E-state index contributed by atoms with van der Waals surface area (Å²) in [5.41, 5.74) is 2.15. The molecule has 30 heavy (non-hydrogen) atoms. The lowest BCUT2D eigenvalue weighted by atomic mass is 9.87. The van der Waals surface area contributed by atoms with Crippen molar-refractivity contribution in [2.24, 2.45) is 0 Å². The highest BCUT2D eigenvalue weighted by atomic mass is 16.5. The molecule has 0 aliphatic carbocycles. The maximum atomic E-state index is 12.8. The van der Waals surface area contributed by atoms with Crippen LogP contribution in [0.5, 0.6) is 5.75 Å². The Hall–Kier alpha value is -3.54. The van der Waals surface area contributed by atoms with Crippen LogP contribution in [0.15, 0.2) is 60.7 Å². The van der Waals surface area contributed by atoms with Gasteiger partial charge in [-0.15, -0.1) is 0 Å². The highest BCUT2D eigenvalue weighted by molar-refractivity contribution is 6.06. The summed E-state index contributed by atoms with van der Waals surface area (Å²) in [7, 11) is 1.55. The minimum atomic E-state index is -0.387. The van der Waals surface area contributed by atoms with Gasteiger partial charge in [0.25, 0.3) is 5.91 Å². The molecule has 3 aromatic rings. The Morgan fingerprint density at radius 3 is 2.33 bits per heavy atom. The van der Waals surface area contributed by atoms with Gasteiger partial charge >= 0.3 is 6.03 Å². The van der Waals surface area contributed by atoms with Gasteiger partial charge in [-0.25, -0.2) is 4.79 Å². The van der Waals surface area contributed by atoms with Crippen LogP contribution in [0.4, 0.5) is 16.2 Å². The summed E-state index contributed by atoms with van der Waals surface area (Å²) in [6, 6.07) is 18.8. The molecule has 0 aliphatic rings. The van der Waals surface area contributed by atoms with Crippen LogP contribution in [-0.2, 0) is 10.2 Å². The van der Waals surface area contributed by atoms with Crippen molar-refractivity contribution in [3.63, 3.8) is 0 Å². The number of carbonyl (C=O) groups is 2. The maximum Gasteiger partial charge on any atom is 0.323 e. The normalized spacial score (nSPS) is 11.1. The monoisotopic (exact) mass is 405 g/mol. The SMILES string of the molecule is CNC(=O)COc1ccc(C(C)(C)C)cc1NC(=O)Nc1cccc2ccccc12. The molecule has 0 radical (unpaired) electrons. The molecule has 0 saturated heterocycles. The average Bonchev–Trinajstić information content (AvgIpc) is 2.72. The fourth-order valence-electron chi connectivity index (χ4n) is 3.05. The van der Waals surface area contributed by atoms with Gasteiger partial charge in [0.15, 0.2) is 6.61 Å².